The van der Waals surface area contributed by atoms with Crippen molar-refractivity contribution in [3.8, 4) is 0 Å². The van der Waals surface area contributed by atoms with Crippen molar-refractivity contribution in [2.45, 2.75) is 0 Å². The predicted octanol–water partition coefficient (Wildman–Crippen LogP) is 1.25. The summed E-state index contributed by atoms with van der Waals surface area (Å²) in [6.45, 7) is 0. The Bertz CT molecular complexity index is 624. The fourth-order valence-electron chi connectivity index (χ4n) is 1.08. The second-order valence-corrected chi connectivity index (χ2v) is 4.30. The number of hydrogen-bond donors (Lipinski definition) is 2. The van der Waals surface area contributed by atoms with Gasteiger partial charge in [0.25, 0.3) is 5.56 Å². The standard InChI is InChI=1S/C9H8N4OS2/c10-13-8(14)7(11-12-9(13)15)4-3-6-2-1-5-16-6/h1-5H,10H2,(H,12,15)/b4-3-. The van der Waals surface area contributed by atoms with E-state index in [1.165, 1.54) is 0 Å². The quantitative estimate of drug-likeness (QED) is 0.623. The van der Waals surface area contributed by atoms with Gasteiger partial charge in [-0.1, -0.05) is 6.07 Å². The van der Waals surface area contributed by atoms with Gasteiger partial charge in [-0.25, -0.2) is 0 Å². The van der Waals surface area contributed by atoms with E-state index in [-0.39, 0.29) is 10.5 Å². The van der Waals surface area contributed by atoms with Crippen molar-refractivity contribution in [3.05, 3.63) is 43.2 Å². The van der Waals surface area contributed by atoms with E-state index in [0.29, 0.717) is 0 Å². The van der Waals surface area contributed by atoms with Gasteiger partial charge in [-0.15, -0.1) is 11.3 Å². The SMILES string of the molecule is Nn1c(=S)[nH]nc(/C=C\c2cccs2)c1=O. The molecule has 0 spiro atoms. The molecule has 3 N–H and O–H groups in total. The summed E-state index contributed by atoms with van der Waals surface area (Å²) in [6.07, 6.45) is 3.40. The molecule has 0 saturated carbocycles. The monoisotopic (exact) mass is 252 g/mol. The number of rotatable bonds is 2. The van der Waals surface area contributed by atoms with Crippen molar-refractivity contribution in [2.24, 2.45) is 0 Å². The Morgan fingerprint density at radius 2 is 2.38 bits per heavy atom. The summed E-state index contributed by atoms with van der Waals surface area (Å²) in [5.74, 6) is 5.43. The fraction of sp³-hybridized carbons (Fsp3) is 0. The first-order valence-corrected chi connectivity index (χ1v) is 5.65. The van der Waals surface area contributed by atoms with Gasteiger partial charge in [0.05, 0.1) is 0 Å². The van der Waals surface area contributed by atoms with E-state index < -0.39 is 5.56 Å². The van der Waals surface area contributed by atoms with Gasteiger partial charge in [0.15, 0.2) is 5.69 Å². The maximum Gasteiger partial charge on any atom is 0.298 e. The third-order valence-electron chi connectivity index (χ3n) is 1.88. The van der Waals surface area contributed by atoms with Crippen molar-refractivity contribution >= 4 is 35.7 Å². The fourth-order valence-corrected chi connectivity index (χ4v) is 1.83. The Morgan fingerprint density at radius 1 is 1.56 bits per heavy atom. The largest absolute Gasteiger partial charge is 0.334 e. The Labute approximate surface area is 99.8 Å². The molecular weight excluding hydrogens is 244 g/mol. The highest BCUT2D eigenvalue weighted by Gasteiger charge is 2.00. The Hall–Kier alpha value is -1.73. The van der Waals surface area contributed by atoms with Crippen LogP contribution in [0, 0.1) is 4.77 Å². The summed E-state index contributed by atoms with van der Waals surface area (Å²) >= 11 is 6.33. The first kappa shape index (κ1) is 10.8. The summed E-state index contributed by atoms with van der Waals surface area (Å²) in [5.41, 5.74) is -0.193. The van der Waals surface area contributed by atoms with E-state index in [9.17, 15) is 4.79 Å². The zero-order chi connectivity index (χ0) is 11.5. The molecule has 0 amide bonds. The van der Waals surface area contributed by atoms with E-state index in [4.69, 9.17) is 18.1 Å². The minimum Gasteiger partial charge on any atom is -0.334 e. The Morgan fingerprint density at radius 3 is 3.06 bits per heavy atom. The van der Waals surface area contributed by atoms with Crippen LogP contribution < -0.4 is 11.4 Å². The molecule has 0 fully saturated rings. The molecule has 2 aromatic heterocycles. The van der Waals surface area contributed by atoms with E-state index in [1.807, 2.05) is 17.5 Å². The topological polar surface area (TPSA) is 76.7 Å². The minimum absolute atomic E-state index is 0.0956. The van der Waals surface area contributed by atoms with Crippen LogP contribution in [0.15, 0.2) is 22.3 Å². The number of aromatic amines is 1. The molecule has 0 aliphatic carbocycles. The van der Waals surface area contributed by atoms with Crippen LogP contribution in [0.4, 0.5) is 0 Å². The molecule has 0 atom stereocenters. The van der Waals surface area contributed by atoms with E-state index >= 15 is 0 Å². The maximum atomic E-state index is 11.6. The molecule has 7 heteroatoms. The first-order chi connectivity index (χ1) is 7.68. The average molecular weight is 252 g/mol. The van der Waals surface area contributed by atoms with Gasteiger partial charge < -0.3 is 5.84 Å². The normalized spacial score (nSPS) is 11.0. The van der Waals surface area contributed by atoms with Gasteiger partial charge in [0.1, 0.15) is 0 Å². The molecule has 16 heavy (non-hydrogen) atoms. The molecule has 2 aromatic rings. The minimum atomic E-state index is -0.420. The van der Waals surface area contributed by atoms with E-state index in [2.05, 4.69) is 10.2 Å². The first-order valence-electron chi connectivity index (χ1n) is 4.37. The summed E-state index contributed by atoms with van der Waals surface area (Å²) < 4.78 is 0.953. The number of nitrogens with one attached hydrogen (secondary N) is 1. The molecule has 0 aliphatic heterocycles. The van der Waals surface area contributed by atoms with Crippen LogP contribution in [0.5, 0.6) is 0 Å². The lowest BCUT2D eigenvalue weighted by Crippen LogP contribution is -2.31. The van der Waals surface area contributed by atoms with Crippen LogP contribution >= 0.6 is 23.6 Å². The third kappa shape index (κ3) is 2.10. The molecule has 0 unspecified atom stereocenters. The highest BCUT2D eigenvalue weighted by Crippen LogP contribution is 2.11. The van der Waals surface area contributed by atoms with Crippen LogP contribution in [0.1, 0.15) is 10.6 Å². The number of nitrogen functional groups attached to an aromatic ring is 1. The highest BCUT2D eigenvalue weighted by molar-refractivity contribution is 7.71. The Kier molecular flexibility index (Phi) is 2.97. The van der Waals surface area contributed by atoms with Crippen molar-refractivity contribution in [3.63, 3.8) is 0 Å². The molecule has 2 heterocycles. The van der Waals surface area contributed by atoms with Gasteiger partial charge >= 0.3 is 0 Å². The van der Waals surface area contributed by atoms with Crippen molar-refractivity contribution in [1.82, 2.24) is 14.9 Å². The van der Waals surface area contributed by atoms with Crippen molar-refractivity contribution < 1.29 is 0 Å². The second-order valence-electron chi connectivity index (χ2n) is 2.94. The van der Waals surface area contributed by atoms with Gasteiger partial charge in [-0.3, -0.25) is 9.89 Å². The molecule has 0 radical (unpaired) electrons. The zero-order valence-electron chi connectivity index (χ0n) is 8.08. The average Bonchev–Trinajstić information content (AvgIpc) is 2.78. The van der Waals surface area contributed by atoms with Crippen LogP contribution in [-0.4, -0.2) is 14.9 Å². The number of nitrogens with zero attached hydrogens (tertiary/aromatic N) is 2. The van der Waals surface area contributed by atoms with Crippen LogP contribution in [-0.2, 0) is 0 Å². The van der Waals surface area contributed by atoms with Gasteiger partial charge in [0.2, 0.25) is 4.77 Å². The van der Waals surface area contributed by atoms with E-state index in [0.717, 1.165) is 9.55 Å². The zero-order valence-corrected chi connectivity index (χ0v) is 9.72. The molecule has 0 aromatic carbocycles. The number of hydrogen-bond acceptors (Lipinski definition) is 5. The number of nitrogens with two attached hydrogens (primary N) is 1. The lowest BCUT2D eigenvalue weighted by molar-refractivity contribution is 0.793. The molecule has 0 saturated heterocycles. The summed E-state index contributed by atoms with van der Waals surface area (Å²) in [7, 11) is 0. The van der Waals surface area contributed by atoms with Crippen molar-refractivity contribution in [2.75, 3.05) is 5.84 Å². The van der Waals surface area contributed by atoms with Gasteiger partial charge in [-0.2, -0.15) is 9.77 Å². The van der Waals surface area contributed by atoms with Crippen molar-refractivity contribution in [1.29, 1.82) is 0 Å². The lowest BCUT2D eigenvalue weighted by Gasteiger charge is -1.97. The smallest absolute Gasteiger partial charge is 0.298 e. The molecule has 2 rings (SSSR count). The molecular formula is C9H8N4OS2. The van der Waals surface area contributed by atoms with Crippen LogP contribution in [0.2, 0.25) is 0 Å². The number of thiophene rings is 1. The second kappa shape index (κ2) is 4.42. The molecule has 0 bridgehead atoms. The van der Waals surface area contributed by atoms with E-state index in [1.54, 1.807) is 23.5 Å². The highest BCUT2D eigenvalue weighted by atomic mass is 32.1. The number of H-pyrrole nitrogens is 1. The van der Waals surface area contributed by atoms with Gasteiger partial charge in [0, 0.05) is 4.88 Å². The molecule has 82 valence electrons. The summed E-state index contributed by atoms with van der Waals surface area (Å²) in [6, 6.07) is 3.87. The maximum absolute atomic E-state index is 11.6. The third-order valence-corrected chi connectivity index (χ3v) is 3.00. The number of aromatic nitrogens is 3. The van der Waals surface area contributed by atoms with Crippen LogP contribution in [0.3, 0.4) is 0 Å². The summed E-state index contributed by atoms with van der Waals surface area (Å²) in [5, 5.41) is 8.26. The molecule has 5 nitrogen and oxygen atoms in total. The predicted molar refractivity (Wildman–Crippen MR) is 67.1 cm³/mol. The molecule has 0 aliphatic rings. The summed E-state index contributed by atoms with van der Waals surface area (Å²) in [4.78, 5) is 12.6. The Balaban J connectivity index is 2.40. The van der Waals surface area contributed by atoms with Crippen LogP contribution in [0.25, 0.3) is 12.2 Å². The lowest BCUT2D eigenvalue weighted by atomic mass is 10.3. The van der Waals surface area contributed by atoms with Gasteiger partial charge in [-0.05, 0) is 35.8 Å².